The monoisotopic (exact) mass is 374 g/mol. The van der Waals surface area contributed by atoms with Crippen LogP contribution in [0, 0.1) is 5.82 Å². The molecule has 0 saturated carbocycles. The summed E-state index contributed by atoms with van der Waals surface area (Å²) in [6.07, 6.45) is 1.57. The molecule has 5 nitrogen and oxygen atoms in total. The van der Waals surface area contributed by atoms with Crippen LogP contribution in [0.2, 0.25) is 5.02 Å². The summed E-state index contributed by atoms with van der Waals surface area (Å²) in [4.78, 5) is 19.5. The second kappa shape index (κ2) is 7.41. The van der Waals surface area contributed by atoms with Crippen molar-refractivity contribution in [1.29, 1.82) is 0 Å². The second-order valence-electron chi connectivity index (χ2n) is 6.23. The molecule has 7 heteroatoms. The molecule has 26 heavy (non-hydrogen) atoms. The van der Waals surface area contributed by atoms with Gasteiger partial charge >= 0.3 is 0 Å². The van der Waals surface area contributed by atoms with Gasteiger partial charge in [-0.3, -0.25) is 4.79 Å². The normalized spacial score (nSPS) is 12.3. The summed E-state index contributed by atoms with van der Waals surface area (Å²) in [5.74, 6) is 0.854. The van der Waals surface area contributed by atoms with Crippen LogP contribution in [-0.4, -0.2) is 19.7 Å². The molecule has 1 unspecified atom stereocenters. The van der Waals surface area contributed by atoms with E-state index in [9.17, 15) is 9.18 Å². The predicted molar refractivity (Wildman–Crippen MR) is 100 cm³/mol. The van der Waals surface area contributed by atoms with E-state index in [4.69, 9.17) is 11.6 Å². The first-order valence-electron chi connectivity index (χ1n) is 8.58. The average Bonchev–Trinajstić information content (AvgIpc) is 3.08. The van der Waals surface area contributed by atoms with Crippen molar-refractivity contribution in [3.05, 3.63) is 63.0 Å². The Kier molecular flexibility index (Phi) is 5.23. The SMILES string of the molecule is CCc1cc(-c2nc(C(C)CC)nn2-c2ccc(F)c(Cl)c2)cc(=O)[nH]1. The number of H-pyrrole nitrogens is 1. The van der Waals surface area contributed by atoms with Crippen LogP contribution in [0.1, 0.15) is 44.6 Å². The second-order valence-corrected chi connectivity index (χ2v) is 6.63. The molecule has 2 aromatic heterocycles. The van der Waals surface area contributed by atoms with Crippen molar-refractivity contribution in [2.24, 2.45) is 0 Å². The molecule has 0 spiro atoms. The molecule has 1 N–H and O–H groups in total. The van der Waals surface area contributed by atoms with Crippen molar-refractivity contribution in [3.63, 3.8) is 0 Å². The van der Waals surface area contributed by atoms with Crippen molar-refractivity contribution in [2.75, 3.05) is 0 Å². The van der Waals surface area contributed by atoms with Crippen LogP contribution in [0.15, 0.2) is 35.1 Å². The van der Waals surface area contributed by atoms with Crippen LogP contribution in [0.5, 0.6) is 0 Å². The third-order valence-electron chi connectivity index (χ3n) is 4.36. The molecule has 2 heterocycles. The average molecular weight is 375 g/mol. The van der Waals surface area contributed by atoms with E-state index in [1.165, 1.54) is 18.2 Å². The van der Waals surface area contributed by atoms with Crippen molar-refractivity contribution in [1.82, 2.24) is 19.7 Å². The Morgan fingerprint density at radius 3 is 2.69 bits per heavy atom. The highest BCUT2D eigenvalue weighted by Crippen LogP contribution is 2.26. The quantitative estimate of drug-likeness (QED) is 0.715. The van der Waals surface area contributed by atoms with Crippen molar-refractivity contribution < 1.29 is 4.39 Å². The summed E-state index contributed by atoms with van der Waals surface area (Å²) >= 11 is 5.94. The first kappa shape index (κ1) is 18.3. The Hall–Kier alpha value is -2.47. The summed E-state index contributed by atoms with van der Waals surface area (Å²) < 4.78 is 15.2. The van der Waals surface area contributed by atoms with E-state index in [0.29, 0.717) is 29.3 Å². The van der Waals surface area contributed by atoms with Gasteiger partial charge in [-0.25, -0.2) is 14.1 Å². The summed E-state index contributed by atoms with van der Waals surface area (Å²) in [5.41, 5.74) is 1.86. The van der Waals surface area contributed by atoms with Gasteiger partial charge in [0.25, 0.3) is 0 Å². The van der Waals surface area contributed by atoms with E-state index >= 15 is 0 Å². The van der Waals surface area contributed by atoms with Gasteiger partial charge in [-0.15, -0.1) is 0 Å². The molecule has 136 valence electrons. The zero-order valence-electron chi connectivity index (χ0n) is 14.9. The van der Waals surface area contributed by atoms with Gasteiger partial charge in [0.2, 0.25) is 5.56 Å². The Morgan fingerprint density at radius 1 is 1.27 bits per heavy atom. The fourth-order valence-electron chi connectivity index (χ4n) is 2.62. The van der Waals surface area contributed by atoms with E-state index in [0.717, 1.165) is 12.1 Å². The lowest BCUT2D eigenvalue weighted by molar-refractivity contribution is 0.627. The van der Waals surface area contributed by atoms with E-state index in [1.54, 1.807) is 10.7 Å². The first-order chi connectivity index (χ1) is 12.4. The van der Waals surface area contributed by atoms with Crippen LogP contribution in [-0.2, 0) is 6.42 Å². The summed E-state index contributed by atoms with van der Waals surface area (Å²) in [7, 11) is 0. The van der Waals surface area contributed by atoms with E-state index in [-0.39, 0.29) is 16.5 Å². The van der Waals surface area contributed by atoms with Crippen LogP contribution < -0.4 is 5.56 Å². The minimum atomic E-state index is -0.497. The van der Waals surface area contributed by atoms with Gasteiger partial charge < -0.3 is 4.98 Å². The van der Waals surface area contributed by atoms with Crippen molar-refractivity contribution >= 4 is 11.6 Å². The topological polar surface area (TPSA) is 63.6 Å². The summed E-state index contributed by atoms with van der Waals surface area (Å²) in [5, 5.41) is 4.60. The van der Waals surface area contributed by atoms with Crippen LogP contribution in [0.4, 0.5) is 4.39 Å². The van der Waals surface area contributed by atoms with Gasteiger partial charge in [0.15, 0.2) is 11.6 Å². The lowest BCUT2D eigenvalue weighted by atomic mass is 10.1. The smallest absolute Gasteiger partial charge is 0.248 e. The maximum absolute atomic E-state index is 13.6. The standard InChI is InChI=1S/C19H20ClFN4O/c1-4-11(3)18-23-19(12-8-13(5-2)22-17(26)9-12)25(24-18)14-6-7-16(21)15(20)10-14/h6-11H,4-5H2,1-3H3,(H,22,26). The Labute approximate surface area is 155 Å². The lowest BCUT2D eigenvalue weighted by Crippen LogP contribution is -2.09. The predicted octanol–water partition coefficient (Wildman–Crippen LogP) is 4.49. The number of aryl methyl sites for hydroxylation is 1. The molecular formula is C19H20ClFN4O. The Balaban J connectivity index is 2.23. The largest absolute Gasteiger partial charge is 0.326 e. The van der Waals surface area contributed by atoms with Crippen LogP contribution in [0.3, 0.4) is 0 Å². The van der Waals surface area contributed by atoms with Gasteiger partial charge in [-0.1, -0.05) is 32.4 Å². The number of rotatable bonds is 5. The number of pyridine rings is 1. The maximum Gasteiger partial charge on any atom is 0.248 e. The number of benzene rings is 1. The number of aromatic nitrogens is 4. The molecule has 1 aromatic carbocycles. The molecular weight excluding hydrogens is 355 g/mol. The molecule has 0 bridgehead atoms. The Bertz CT molecular complexity index is 995. The number of hydrogen-bond donors (Lipinski definition) is 1. The molecule has 1 atom stereocenters. The van der Waals surface area contributed by atoms with E-state index in [2.05, 4.69) is 22.0 Å². The van der Waals surface area contributed by atoms with Crippen LogP contribution in [0.25, 0.3) is 17.1 Å². The van der Waals surface area contributed by atoms with Gasteiger partial charge in [-0.2, -0.15) is 5.10 Å². The molecule has 0 fully saturated rings. The molecule has 3 aromatic rings. The van der Waals surface area contributed by atoms with Crippen molar-refractivity contribution in [3.8, 4) is 17.1 Å². The van der Waals surface area contributed by atoms with Gasteiger partial charge in [-0.05, 0) is 37.1 Å². The highest BCUT2D eigenvalue weighted by molar-refractivity contribution is 6.30. The molecule has 0 aliphatic carbocycles. The van der Waals surface area contributed by atoms with Gasteiger partial charge in [0.1, 0.15) is 5.82 Å². The fraction of sp³-hybridized carbons (Fsp3) is 0.316. The molecule has 0 saturated heterocycles. The Morgan fingerprint density at radius 2 is 2.04 bits per heavy atom. The molecule has 0 aliphatic heterocycles. The zero-order chi connectivity index (χ0) is 18.8. The first-order valence-corrected chi connectivity index (χ1v) is 8.96. The minimum absolute atomic E-state index is 0.00851. The number of nitrogens with one attached hydrogen (secondary N) is 1. The summed E-state index contributed by atoms with van der Waals surface area (Å²) in [6, 6.07) is 7.76. The number of aromatic amines is 1. The van der Waals surface area contributed by atoms with Crippen molar-refractivity contribution in [2.45, 2.75) is 39.5 Å². The fourth-order valence-corrected chi connectivity index (χ4v) is 2.80. The highest BCUT2D eigenvalue weighted by atomic mass is 35.5. The van der Waals surface area contributed by atoms with Gasteiger partial charge in [0, 0.05) is 23.2 Å². The van der Waals surface area contributed by atoms with Gasteiger partial charge in [0.05, 0.1) is 10.7 Å². The molecule has 0 aliphatic rings. The van der Waals surface area contributed by atoms with Crippen LogP contribution >= 0.6 is 11.6 Å². The molecule has 3 rings (SSSR count). The van der Waals surface area contributed by atoms with E-state index < -0.39 is 5.82 Å². The maximum atomic E-state index is 13.6. The number of halogens is 2. The third kappa shape index (κ3) is 3.55. The van der Waals surface area contributed by atoms with E-state index in [1.807, 2.05) is 19.9 Å². The third-order valence-corrected chi connectivity index (χ3v) is 4.65. The zero-order valence-corrected chi connectivity index (χ0v) is 15.6. The number of nitrogens with zero attached hydrogens (tertiary/aromatic N) is 3. The lowest BCUT2D eigenvalue weighted by Gasteiger charge is -2.08. The highest BCUT2D eigenvalue weighted by Gasteiger charge is 2.18. The molecule has 0 amide bonds. The molecule has 0 radical (unpaired) electrons. The summed E-state index contributed by atoms with van der Waals surface area (Å²) in [6.45, 7) is 6.06. The number of hydrogen-bond acceptors (Lipinski definition) is 3. The minimum Gasteiger partial charge on any atom is -0.326 e.